The van der Waals surface area contributed by atoms with Crippen LogP contribution < -0.4 is 5.32 Å². The Kier molecular flexibility index (Phi) is 6.16. The molecule has 1 aliphatic heterocycles. The van der Waals surface area contributed by atoms with Gasteiger partial charge in [-0.25, -0.2) is 9.37 Å². The van der Waals surface area contributed by atoms with Gasteiger partial charge in [0.05, 0.1) is 0 Å². The van der Waals surface area contributed by atoms with Gasteiger partial charge in [0.15, 0.2) is 0 Å². The maximum atomic E-state index is 12.9. The van der Waals surface area contributed by atoms with Crippen molar-refractivity contribution in [2.45, 2.75) is 32.6 Å². The van der Waals surface area contributed by atoms with Crippen molar-refractivity contribution in [3.05, 3.63) is 59.5 Å². The summed E-state index contributed by atoms with van der Waals surface area (Å²) in [6, 6.07) is 9.93. The molecule has 1 aliphatic rings. The normalized spacial score (nSPS) is 14.8. The second-order valence-corrected chi connectivity index (χ2v) is 6.99. The van der Waals surface area contributed by atoms with Gasteiger partial charge in [-0.1, -0.05) is 18.2 Å². The fourth-order valence-corrected chi connectivity index (χ4v) is 3.22. The zero-order valence-electron chi connectivity index (χ0n) is 15.5. The lowest BCUT2D eigenvalue weighted by atomic mass is 9.95. The molecule has 5 nitrogen and oxygen atoms in total. The molecule has 1 saturated heterocycles. The summed E-state index contributed by atoms with van der Waals surface area (Å²) in [4.78, 5) is 30.8. The highest BCUT2D eigenvalue weighted by Gasteiger charge is 2.27. The third-order valence-corrected chi connectivity index (χ3v) is 4.92. The van der Waals surface area contributed by atoms with E-state index in [4.69, 9.17) is 0 Å². The first-order chi connectivity index (χ1) is 13.0. The predicted molar refractivity (Wildman–Crippen MR) is 102 cm³/mol. The Morgan fingerprint density at radius 3 is 2.48 bits per heavy atom. The minimum Gasteiger partial charge on any atom is -0.343 e. The van der Waals surface area contributed by atoms with Crippen LogP contribution in [0.2, 0.25) is 0 Å². The summed E-state index contributed by atoms with van der Waals surface area (Å²) in [5.41, 5.74) is 1.99. The third-order valence-electron chi connectivity index (χ3n) is 4.92. The van der Waals surface area contributed by atoms with Crippen molar-refractivity contribution < 1.29 is 14.0 Å². The Hall–Kier alpha value is -2.76. The van der Waals surface area contributed by atoms with Crippen molar-refractivity contribution in [2.24, 2.45) is 5.92 Å². The molecule has 0 spiro atoms. The van der Waals surface area contributed by atoms with Crippen LogP contribution >= 0.6 is 0 Å². The number of halogens is 1. The molecule has 2 aromatic rings. The Morgan fingerprint density at radius 1 is 1.15 bits per heavy atom. The van der Waals surface area contributed by atoms with Crippen LogP contribution in [0.15, 0.2) is 42.6 Å². The summed E-state index contributed by atoms with van der Waals surface area (Å²) in [7, 11) is 0. The molecular weight excluding hydrogens is 345 g/mol. The quantitative estimate of drug-likeness (QED) is 0.879. The Bertz CT molecular complexity index is 782. The monoisotopic (exact) mass is 369 g/mol. The number of hydrogen-bond acceptors (Lipinski definition) is 3. The molecule has 142 valence electrons. The number of amides is 2. The first kappa shape index (κ1) is 19.0. The van der Waals surface area contributed by atoms with E-state index in [1.165, 1.54) is 12.1 Å². The molecule has 2 amide bonds. The lowest BCUT2D eigenvalue weighted by Gasteiger charge is -2.31. The van der Waals surface area contributed by atoms with E-state index in [0.717, 1.165) is 11.1 Å². The van der Waals surface area contributed by atoms with Crippen molar-refractivity contribution in [3.63, 3.8) is 0 Å². The van der Waals surface area contributed by atoms with Crippen LogP contribution in [-0.2, 0) is 16.0 Å². The van der Waals surface area contributed by atoms with Gasteiger partial charge in [0.25, 0.3) is 0 Å². The average molecular weight is 369 g/mol. The molecule has 1 N–H and O–H groups in total. The van der Waals surface area contributed by atoms with Gasteiger partial charge in [-0.15, -0.1) is 0 Å². The molecule has 1 aromatic carbocycles. The lowest BCUT2D eigenvalue weighted by molar-refractivity contribution is -0.134. The van der Waals surface area contributed by atoms with E-state index >= 15 is 0 Å². The number of benzene rings is 1. The summed E-state index contributed by atoms with van der Waals surface area (Å²) in [6.45, 7) is 3.12. The summed E-state index contributed by atoms with van der Waals surface area (Å²) in [6.07, 6.45) is 4.02. The van der Waals surface area contributed by atoms with Gasteiger partial charge in [0.2, 0.25) is 11.8 Å². The molecule has 0 radical (unpaired) electrons. The van der Waals surface area contributed by atoms with Crippen LogP contribution in [0.25, 0.3) is 0 Å². The number of nitrogens with zero attached hydrogens (tertiary/aromatic N) is 2. The van der Waals surface area contributed by atoms with Gasteiger partial charge in [-0.2, -0.15) is 0 Å². The van der Waals surface area contributed by atoms with Gasteiger partial charge in [-0.05, 0) is 55.5 Å². The number of aryl methyl sites for hydroxylation is 2. The number of rotatable bonds is 5. The number of aromatic nitrogens is 1. The number of anilines is 1. The molecule has 27 heavy (non-hydrogen) atoms. The van der Waals surface area contributed by atoms with Gasteiger partial charge in [0.1, 0.15) is 11.6 Å². The first-order valence-corrected chi connectivity index (χ1v) is 9.27. The van der Waals surface area contributed by atoms with E-state index in [0.29, 0.717) is 44.6 Å². The van der Waals surface area contributed by atoms with E-state index < -0.39 is 0 Å². The molecule has 2 heterocycles. The summed E-state index contributed by atoms with van der Waals surface area (Å²) in [5, 5.41) is 2.85. The number of nitrogens with one attached hydrogen (secondary N) is 1. The number of piperidine rings is 1. The Balaban J connectivity index is 1.43. The molecule has 0 unspecified atom stereocenters. The maximum absolute atomic E-state index is 12.9. The van der Waals surface area contributed by atoms with Crippen LogP contribution in [0.5, 0.6) is 0 Å². The van der Waals surface area contributed by atoms with Crippen LogP contribution in [-0.4, -0.2) is 34.8 Å². The van der Waals surface area contributed by atoms with Crippen molar-refractivity contribution >= 4 is 17.6 Å². The van der Waals surface area contributed by atoms with Gasteiger partial charge >= 0.3 is 0 Å². The van der Waals surface area contributed by atoms with Gasteiger partial charge < -0.3 is 10.2 Å². The number of likely N-dealkylation sites (tertiary alicyclic amines) is 1. The fraction of sp³-hybridized carbons (Fsp3) is 0.381. The van der Waals surface area contributed by atoms with Crippen molar-refractivity contribution in [2.75, 3.05) is 18.4 Å². The molecule has 0 atom stereocenters. The van der Waals surface area contributed by atoms with E-state index in [1.54, 1.807) is 24.4 Å². The molecular formula is C21H24FN3O2. The highest BCUT2D eigenvalue weighted by Crippen LogP contribution is 2.20. The minimum absolute atomic E-state index is 0.0373. The van der Waals surface area contributed by atoms with Crippen LogP contribution in [0.4, 0.5) is 10.2 Å². The second-order valence-electron chi connectivity index (χ2n) is 6.99. The summed E-state index contributed by atoms with van der Waals surface area (Å²) in [5.74, 6) is 0.229. The highest BCUT2D eigenvalue weighted by molar-refractivity contribution is 5.91. The fourth-order valence-electron chi connectivity index (χ4n) is 3.22. The maximum Gasteiger partial charge on any atom is 0.228 e. The van der Waals surface area contributed by atoms with Gasteiger partial charge in [0, 0.05) is 31.6 Å². The number of carbonyl (C=O) groups is 2. The largest absolute Gasteiger partial charge is 0.343 e. The first-order valence-electron chi connectivity index (χ1n) is 9.27. The standard InChI is InChI=1S/C21H24FN3O2/c1-15-2-8-19(23-14-15)24-21(27)17-10-12-25(13-11-17)20(26)9-5-16-3-6-18(22)7-4-16/h2-4,6-8,14,17H,5,9-13H2,1H3,(H,23,24,27). The number of pyridine rings is 1. The minimum atomic E-state index is -0.272. The molecule has 0 aliphatic carbocycles. The molecule has 0 bridgehead atoms. The van der Waals surface area contributed by atoms with Crippen molar-refractivity contribution in [1.82, 2.24) is 9.88 Å². The molecule has 1 aromatic heterocycles. The van der Waals surface area contributed by atoms with Crippen molar-refractivity contribution in [3.8, 4) is 0 Å². The SMILES string of the molecule is Cc1ccc(NC(=O)C2CCN(C(=O)CCc3ccc(F)cc3)CC2)nc1. The molecule has 6 heteroatoms. The number of hydrogen-bond donors (Lipinski definition) is 1. The van der Waals surface area contributed by atoms with Crippen molar-refractivity contribution in [1.29, 1.82) is 0 Å². The number of carbonyl (C=O) groups excluding carboxylic acids is 2. The van der Waals surface area contributed by atoms with E-state index in [2.05, 4.69) is 10.3 Å². The van der Waals surface area contributed by atoms with Crippen LogP contribution in [0, 0.1) is 18.7 Å². The zero-order chi connectivity index (χ0) is 19.2. The Labute approximate surface area is 158 Å². The molecule has 0 saturated carbocycles. The highest BCUT2D eigenvalue weighted by atomic mass is 19.1. The molecule has 1 fully saturated rings. The van der Waals surface area contributed by atoms with Crippen LogP contribution in [0.3, 0.4) is 0 Å². The van der Waals surface area contributed by atoms with E-state index in [1.807, 2.05) is 17.9 Å². The zero-order valence-corrected chi connectivity index (χ0v) is 15.5. The molecule has 3 rings (SSSR count). The summed E-state index contributed by atoms with van der Waals surface area (Å²) < 4.78 is 12.9. The average Bonchev–Trinajstić information content (AvgIpc) is 2.69. The van der Waals surface area contributed by atoms with E-state index in [9.17, 15) is 14.0 Å². The topological polar surface area (TPSA) is 62.3 Å². The van der Waals surface area contributed by atoms with Gasteiger partial charge in [-0.3, -0.25) is 9.59 Å². The second kappa shape index (κ2) is 8.75. The third kappa shape index (κ3) is 5.36. The lowest BCUT2D eigenvalue weighted by Crippen LogP contribution is -2.41. The predicted octanol–water partition coefficient (Wildman–Crippen LogP) is 3.34. The smallest absolute Gasteiger partial charge is 0.228 e. The van der Waals surface area contributed by atoms with Crippen LogP contribution in [0.1, 0.15) is 30.4 Å². The Morgan fingerprint density at radius 2 is 1.85 bits per heavy atom. The van der Waals surface area contributed by atoms with E-state index in [-0.39, 0.29) is 23.5 Å². The summed E-state index contributed by atoms with van der Waals surface area (Å²) >= 11 is 0.